The Morgan fingerprint density at radius 2 is 2.15 bits per heavy atom. The van der Waals surface area contributed by atoms with E-state index in [-0.39, 0.29) is 0 Å². The minimum absolute atomic E-state index is 0.315. The molecule has 0 aliphatic rings. The summed E-state index contributed by atoms with van der Waals surface area (Å²) in [6.45, 7) is 3.16. The maximum absolute atomic E-state index is 5.52. The lowest BCUT2D eigenvalue weighted by Gasteiger charge is -2.01. The zero-order chi connectivity index (χ0) is 10.1. The minimum Gasteiger partial charge on any atom is -0.400 e. The van der Waals surface area contributed by atoms with E-state index < -0.39 is 0 Å². The molecule has 0 atom stereocenters. The molecule has 0 radical (unpaired) electrons. The molecule has 0 saturated carbocycles. The first-order valence-corrected chi connectivity index (χ1v) is 4.41. The Labute approximate surface area is 79.1 Å². The van der Waals surface area contributed by atoms with Crippen LogP contribution in [0.4, 0.5) is 0 Å². The lowest BCUT2D eigenvalue weighted by molar-refractivity contribution is 0.803. The molecule has 0 amide bonds. The zero-order valence-corrected chi connectivity index (χ0v) is 8.09. The lowest BCUT2D eigenvalue weighted by atomic mass is 10.3. The first kappa shape index (κ1) is 11.8. The van der Waals surface area contributed by atoms with Crippen molar-refractivity contribution < 1.29 is 0 Å². The third-order valence-electron chi connectivity index (χ3n) is 1.43. The Bertz CT molecular complexity index is 185. The van der Waals surface area contributed by atoms with E-state index in [1.807, 2.05) is 0 Å². The third kappa shape index (κ3) is 7.14. The lowest BCUT2D eigenvalue weighted by Crippen LogP contribution is -2.29. The van der Waals surface area contributed by atoms with Gasteiger partial charge in [-0.15, -0.1) is 0 Å². The molecule has 7 N–H and O–H groups in total. The molecule has 0 unspecified atom stereocenters. The van der Waals surface area contributed by atoms with E-state index in [1.165, 1.54) is 0 Å². The summed E-state index contributed by atoms with van der Waals surface area (Å²) in [5, 5.41) is 2.75. The average molecular weight is 185 g/mol. The van der Waals surface area contributed by atoms with E-state index in [0.29, 0.717) is 18.2 Å². The standard InChI is InChI=1S/C8H19N5/c1-2-3-4-12-8(11)13-6-7(10)5-9/h6H,2-5,9-10H2,1H3,(H3,11,12,13)/b7-6-. The fourth-order valence-electron chi connectivity index (χ4n) is 0.629. The van der Waals surface area contributed by atoms with Crippen molar-refractivity contribution in [3.8, 4) is 0 Å². The minimum atomic E-state index is 0.315. The molecular weight excluding hydrogens is 166 g/mol. The van der Waals surface area contributed by atoms with Crippen LogP contribution in [0.5, 0.6) is 0 Å². The Balaban J connectivity index is 3.72. The molecule has 76 valence electrons. The number of unbranched alkanes of at least 4 members (excludes halogenated alkanes) is 1. The summed E-state index contributed by atoms with van der Waals surface area (Å²) < 4.78 is 0. The van der Waals surface area contributed by atoms with Crippen LogP contribution in [0, 0.1) is 0 Å². The largest absolute Gasteiger partial charge is 0.400 e. The van der Waals surface area contributed by atoms with Crippen LogP contribution in [0.15, 0.2) is 16.9 Å². The van der Waals surface area contributed by atoms with Gasteiger partial charge in [0.1, 0.15) is 0 Å². The highest BCUT2D eigenvalue weighted by Gasteiger charge is 1.88. The van der Waals surface area contributed by atoms with Crippen molar-refractivity contribution in [2.75, 3.05) is 13.1 Å². The van der Waals surface area contributed by atoms with Crippen molar-refractivity contribution in [2.24, 2.45) is 22.2 Å². The summed E-state index contributed by atoms with van der Waals surface area (Å²) in [6.07, 6.45) is 3.71. The van der Waals surface area contributed by atoms with Gasteiger partial charge in [0.05, 0.1) is 0 Å². The molecule has 0 fully saturated rings. The van der Waals surface area contributed by atoms with Crippen LogP contribution in [0.2, 0.25) is 0 Å². The van der Waals surface area contributed by atoms with Crippen LogP contribution in [0.1, 0.15) is 19.8 Å². The predicted octanol–water partition coefficient (Wildman–Crippen LogP) is -0.550. The van der Waals surface area contributed by atoms with Crippen LogP contribution >= 0.6 is 0 Å². The second kappa shape index (κ2) is 7.42. The maximum Gasteiger partial charge on any atom is 0.192 e. The van der Waals surface area contributed by atoms with Crippen molar-refractivity contribution >= 4 is 5.96 Å². The van der Waals surface area contributed by atoms with Crippen molar-refractivity contribution in [1.29, 1.82) is 0 Å². The number of rotatable bonds is 5. The summed E-state index contributed by atoms with van der Waals surface area (Å²) in [5.41, 5.74) is 16.8. The number of nitrogens with two attached hydrogens (primary N) is 3. The molecule has 0 saturated heterocycles. The van der Waals surface area contributed by atoms with E-state index in [1.54, 1.807) is 6.20 Å². The van der Waals surface area contributed by atoms with E-state index in [0.717, 1.165) is 19.4 Å². The average Bonchev–Trinajstić information content (AvgIpc) is 2.14. The second-order valence-electron chi connectivity index (χ2n) is 2.69. The van der Waals surface area contributed by atoms with Gasteiger partial charge in [-0.25, -0.2) is 0 Å². The molecule has 0 bridgehead atoms. The van der Waals surface area contributed by atoms with Gasteiger partial charge in [0.15, 0.2) is 5.96 Å². The molecule has 5 nitrogen and oxygen atoms in total. The van der Waals surface area contributed by atoms with E-state index in [9.17, 15) is 0 Å². The smallest absolute Gasteiger partial charge is 0.192 e. The van der Waals surface area contributed by atoms with Gasteiger partial charge in [0, 0.05) is 25.0 Å². The fraction of sp³-hybridized carbons (Fsp3) is 0.625. The molecule has 13 heavy (non-hydrogen) atoms. The highest BCUT2D eigenvalue weighted by Crippen LogP contribution is 1.85. The first-order valence-electron chi connectivity index (χ1n) is 4.41. The van der Waals surface area contributed by atoms with Gasteiger partial charge in [0.25, 0.3) is 0 Å². The monoisotopic (exact) mass is 185 g/mol. The number of hydrogen-bond donors (Lipinski definition) is 4. The Kier molecular flexibility index (Phi) is 6.72. The summed E-state index contributed by atoms with van der Waals surface area (Å²) >= 11 is 0. The summed E-state index contributed by atoms with van der Waals surface area (Å²) in [5.74, 6) is 0.379. The van der Waals surface area contributed by atoms with Crippen molar-refractivity contribution in [2.45, 2.75) is 19.8 Å². The molecular formula is C8H19N5. The maximum atomic E-state index is 5.52. The van der Waals surface area contributed by atoms with Gasteiger partial charge < -0.3 is 22.5 Å². The molecule has 0 rings (SSSR count). The van der Waals surface area contributed by atoms with E-state index in [2.05, 4.69) is 17.2 Å². The van der Waals surface area contributed by atoms with Gasteiger partial charge in [0.2, 0.25) is 0 Å². The van der Waals surface area contributed by atoms with Crippen LogP contribution in [0.25, 0.3) is 0 Å². The highest BCUT2D eigenvalue weighted by molar-refractivity contribution is 5.78. The van der Waals surface area contributed by atoms with Gasteiger partial charge in [-0.05, 0) is 6.42 Å². The number of hydrogen-bond acceptors (Lipinski definition) is 3. The number of guanidine groups is 1. The molecule has 0 aliphatic heterocycles. The topological polar surface area (TPSA) is 102 Å². The molecule has 0 heterocycles. The predicted molar refractivity (Wildman–Crippen MR) is 55.9 cm³/mol. The van der Waals surface area contributed by atoms with Crippen LogP contribution in [-0.4, -0.2) is 19.0 Å². The number of nitrogens with one attached hydrogen (secondary N) is 1. The number of nitrogens with zero attached hydrogens (tertiary/aromatic N) is 1. The number of aliphatic imine (C=N–C) groups is 1. The van der Waals surface area contributed by atoms with Gasteiger partial charge >= 0.3 is 0 Å². The molecule has 5 heteroatoms. The second-order valence-corrected chi connectivity index (χ2v) is 2.69. The summed E-state index contributed by atoms with van der Waals surface area (Å²) in [6, 6.07) is 0. The van der Waals surface area contributed by atoms with Gasteiger partial charge in [-0.3, -0.25) is 4.99 Å². The summed E-state index contributed by atoms with van der Waals surface area (Å²) in [4.78, 5) is 4.06. The quantitative estimate of drug-likeness (QED) is 0.262. The molecule has 0 aliphatic carbocycles. The van der Waals surface area contributed by atoms with E-state index in [4.69, 9.17) is 17.2 Å². The van der Waals surface area contributed by atoms with Gasteiger partial charge in [-0.2, -0.15) is 0 Å². The van der Waals surface area contributed by atoms with Crippen molar-refractivity contribution in [1.82, 2.24) is 5.32 Å². The third-order valence-corrected chi connectivity index (χ3v) is 1.43. The van der Waals surface area contributed by atoms with Crippen LogP contribution in [-0.2, 0) is 0 Å². The molecule has 0 aromatic rings. The molecule has 0 aromatic carbocycles. The Hall–Kier alpha value is -1.23. The Morgan fingerprint density at radius 1 is 1.46 bits per heavy atom. The first-order chi connectivity index (χ1) is 6.20. The molecule has 0 spiro atoms. The van der Waals surface area contributed by atoms with E-state index >= 15 is 0 Å². The van der Waals surface area contributed by atoms with Crippen molar-refractivity contribution in [3.63, 3.8) is 0 Å². The summed E-state index contributed by atoms with van der Waals surface area (Å²) in [7, 11) is 0. The van der Waals surface area contributed by atoms with Crippen LogP contribution < -0.4 is 22.5 Å². The van der Waals surface area contributed by atoms with Crippen LogP contribution in [0.3, 0.4) is 0 Å². The Morgan fingerprint density at radius 3 is 2.69 bits per heavy atom. The zero-order valence-electron chi connectivity index (χ0n) is 8.09. The SMILES string of the molecule is CCCCN=C(N)N/C=C(\N)CN. The normalized spacial score (nSPS) is 13.1. The van der Waals surface area contributed by atoms with Gasteiger partial charge in [-0.1, -0.05) is 13.3 Å². The fourth-order valence-corrected chi connectivity index (χ4v) is 0.629. The van der Waals surface area contributed by atoms with Crippen molar-refractivity contribution in [3.05, 3.63) is 11.9 Å². The molecule has 0 aromatic heterocycles. The highest BCUT2D eigenvalue weighted by atomic mass is 15.1.